The molecule has 1 aliphatic rings. The summed E-state index contributed by atoms with van der Waals surface area (Å²) in [6.07, 6.45) is 3.90. The number of carbonyl (C=O) groups is 2. The van der Waals surface area contributed by atoms with E-state index in [1.807, 2.05) is 30.3 Å². The number of rotatable bonds is 6. The summed E-state index contributed by atoms with van der Waals surface area (Å²) in [6, 6.07) is 14.9. The Balaban J connectivity index is 1.71. The van der Waals surface area contributed by atoms with Crippen molar-refractivity contribution in [1.82, 2.24) is 0 Å². The highest BCUT2D eigenvalue weighted by atomic mass is 16.5. The molecular formula is C23H27NO4. The first-order chi connectivity index (χ1) is 13.6. The Morgan fingerprint density at radius 3 is 2.43 bits per heavy atom. The van der Waals surface area contributed by atoms with Crippen LogP contribution in [0, 0.1) is 11.8 Å². The maximum Gasteiger partial charge on any atom is 0.340 e. The van der Waals surface area contributed by atoms with Crippen LogP contribution in [0.3, 0.4) is 0 Å². The minimum absolute atomic E-state index is 0.00398. The summed E-state index contributed by atoms with van der Waals surface area (Å²) in [5, 5.41) is 2.92. The molecule has 0 atom stereocenters. The monoisotopic (exact) mass is 381 g/mol. The number of nitrogens with one attached hydrogen (secondary N) is 1. The van der Waals surface area contributed by atoms with E-state index in [0.29, 0.717) is 29.5 Å². The molecule has 0 aromatic heterocycles. The summed E-state index contributed by atoms with van der Waals surface area (Å²) < 4.78 is 10.7. The number of esters is 1. The zero-order valence-electron chi connectivity index (χ0n) is 16.4. The molecule has 1 saturated carbocycles. The highest BCUT2D eigenvalue weighted by Crippen LogP contribution is 2.30. The van der Waals surface area contributed by atoms with Crippen LogP contribution >= 0.6 is 0 Å². The van der Waals surface area contributed by atoms with Crippen LogP contribution in [0.4, 0.5) is 5.69 Å². The molecule has 0 bridgehead atoms. The van der Waals surface area contributed by atoms with Gasteiger partial charge in [0, 0.05) is 5.92 Å². The van der Waals surface area contributed by atoms with Gasteiger partial charge in [-0.05, 0) is 55.4 Å². The minimum Gasteiger partial charge on any atom is -0.489 e. The number of benzene rings is 2. The first-order valence-electron chi connectivity index (χ1n) is 9.76. The Bertz CT molecular complexity index is 811. The largest absolute Gasteiger partial charge is 0.489 e. The topological polar surface area (TPSA) is 64.6 Å². The lowest BCUT2D eigenvalue weighted by Crippen LogP contribution is -2.27. The van der Waals surface area contributed by atoms with E-state index in [9.17, 15) is 9.59 Å². The standard InChI is InChI=1S/C23H27NO4/c1-16-8-10-18(11-9-16)22(25)24-21-13-12-19(14-20(21)23(26)27-2)28-15-17-6-4-3-5-7-17/h3-7,12-14,16,18H,8-11,15H2,1-2H3,(H,24,25). The zero-order chi connectivity index (χ0) is 19.9. The van der Waals surface area contributed by atoms with E-state index in [2.05, 4.69) is 12.2 Å². The maximum absolute atomic E-state index is 12.6. The summed E-state index contributed by atoms with van der Waals surface area (Å²) in [5.41, 5.74) is 1.79. The number of carbonyl (C=O) groups excluding carboxylic acids is 2. The van der Waals surface area contributed by atoms with Crippen molar-refractivity contribution >= 4 is 17.6 Å². The second-order valence-electron chi connectivity index (χ2n) is 7.42. The van der Waals surface area contributed by atoms with Gasteiger partial charge in [-0.2, -0.15) is 0 Å². The number of amides is 1. The van der Waals surface area contributed by atoms with Crippen molar-refractivity contribution in [1.29, 1.82) is 0 Å². The van der Waals surface area contributed by atoms with E-state index in [4.69, 9.17) is 9.47 Å². The van der Waals surface area contributed by atoms with Gasteiger partial charge < -0.3 is 14.8 Å². The fraction of sp³-hybridized carbons (Fsp3) is 0.391. The van der Waals surface area contributed by atoms with Crippen LogP contribution in [0.15, 0.2) is 48.5 Å². The van der Waals surface area contributed by atoms with Crippen molar-refractivity contribution in [2.75, 3.05) is 12.4 Å². The molecule has 148 valence electrons. The fourth-order valence-electron chi connectivity index (χ4n) is 3.50. The zero-order valence-corrected chi connectivity index (χ0v) is 16.4. The lowest BCUT2D eigenvalue weighted by molar-refractivity contribution is -0.121. The quantitative estimate of drug-likeness (QED) is 0.729. The first kappa shape index (κ1) is 19.9. The van der Waals surface area contributed by atoms with Crippen LogP contribution in [-0.2, 0) is 16.1 Å². The fourth-order valence-corrected chi connectivity index (χ4v) is 3.50. The lowest BCUT2D eigenvalue weighted by atomic mass is 9.82. The summed E-state index contributed by atoms with van der Waals surface area (Å²) in [6.45, 7) is 2.62. The van der Waals surface area contributed by atoms with Gasteiger partial charge in [-0.1, -0.05) is 37.3 Å². The summed E-state index contributed by atoms with van der Waals surface area (Å²) in [4.78, 5) is 24.9. The van der Waals surface area contributed by atoms with E-state index in [0.717, 1.165) is 31.2 Å². The van der Waals surface area contributed by atoms with Gasteiger partial charge in [-0.15, -0.1) is 0 Å². The Morgan fingerprint density at radius 2 is 1.75 bits per heavy atom. The van der Waals surface area contributed by atoms with E-state index in [1.165, 1.54) is 7.11 Å². The van der Waals surface area contributed by atoms with E-state index in [-0.39, 0.29) is 11.8 Å². The molecule has 0 aliphatic heterocycles. The number of hydrogen-bond acceptors (Lipinski definition) is 4. The Kier molecular flexibility index (Phi) is 6.69. The smallest absolute Gasteiger partial charge is 0.340 e. The van der Waals surface area contributed by atoms with E-state index >= 15 is 0 Å². The van der Waals surface area contributed by atoms with Crippen molar-refractivity contribution in [3.05, 3.63) is 59.7 Å². The second-order valence-corrected chi connectivity index (χ2v) is 7.42. The van der Waals surface area contributed by atoms with Gasteiger partial charge in [0.15, 0.2) is 0 Å². The van der Waals surface area contributed by atoms with Crippen molar-refractivity contribution in [2.24, 2.45) is 11.8 Å². The third-order valence-corrected chi connectivity index (χ3v) is 5.29. The van der Waals surface area contributed by atoms with Gasteiger partial charge in [-0.3, -0.25) is 4.79 Å². The summed E-state index contributed by atoms with van der Waals surface area (Å²) >= 11 is 0. The number of methoxy groups -OCH3 is 1. The number of ether oxygens (including phenoxy) is 2. The average Bonchev–Trinajstić information content (AvgIpc) is 2.73. The second kappa shape index (κ2) is 9.40. The molecule has 2 aromatic rings. The minimum atomic E-state index is -0.502. The molecule has 5 heteroatoms. The molecule has 2 aromatic carbocycles. The van der Waals surface area contributed by atoms with Gasteiger partial charge in [-0.25, -0.2) is 4.79 Å². The van der Waals surface area contributed by atoms with Crippen LogP contribution in [0.5, 0.6) is 5.75 Å². The van der Waals surface area contributed by atoms with E-state index < -0.39 is 5.97 Å². The molecule has 1 N–H and O–H groups in total. The third kappa shape index (κ3) is 5.12. The Labute approximate surface area is 166 Å². The van der Waals surface area contributed by atoms with Crippen LogP contribution in [0.2, 0.25) is 0 Å². The third-order valence-electron chi connectivity index (χ3n) is 5.29. The molecule has 0 radical (unpaired) electrons. The van der Waals surface area contributed by atoms with Crippen LogP contribution in [-0.4, -0.2) is 19.0 Å². The Morgan fingerprint density at radius 1 is 1.04 bits per heavy atom. The highest BCUT2D eigenvalue weighted by molar-refractivity contribution is 6.02. The molecule has 0 spiro atoms. The maximum atomic E-state index is 12.6. The first-order valence-corrected chi connectivity index (χ1v) is 9.76. The molecule has 1 aliphatic carbocycles. The van der Waals surface area contributed by atoms with E-state index in [1.54, 1.807) is 18.2 Å². The molecule has 0 heterocycles. The molecular weight excluding hydrogens is 354 g/mol. The SMILES string of the molecule is COC(=O)c1cc(OCc2ccccc2)ccc1NC(=O)C1CCC(C)CC1. The van der Waals surface area contributed by atoms with Crippen LogP contribution < -0.4 is 10.1 Å². The molecule has 3 rings (SSSR count). The van der Waals surface area contributed by atoms with Gasteiger partial charge in [0.05, 0.1) is 18.4 Å². The normalized spacial score (nSPS) is 18.9. The summed E-state index contributed by atoms with van der Waals surface area (Å²) in [5.74, 6) is 0.688. The van der Waals surface area contributed by atoms with Gasteiger partial charge >= 0.3 is 5.97 Å². The van der Waals surface area contributed by atoms with Crippen LogP contribution in [0.25, 0.3) is 0 Å². The molecule has 0 unspecified atom stereocenters. The summed E-state index contributed by atoms with van der Waals surface area (Å²) in [7, 11) is 1.33. The Hall–Kier alpha value is -2.82. The van der Waals surface area contributed by atoms with Gasteiger partial charge in [0.25, 0.3) is 0 Å². The van der Waals surface area contributed by atoms with Crippen molar-refractivity contribution in [3.63, 3.8) is 0 Å². The number of hydrogen-bond donors (Lipinski definition) is 1. The molecule has 1 fully saturated rings. The highest BCUT2D eigenvalue weighted by Gasteiger charge is 2.25. The molecule has 0 saturated heterocycles. The van der Waals surface area contributed by atoms with Crippen molar-refractivity contribution in [3.8, 4) is 5.75 Å². The van der Waals surface area contributed by atoms with Crippen molar-refractivity contribution in [2.45, 2.75) is 39.2 Å². The molecule has 5 nitrogen and oxygen atoms in total. The number of anilines is 1. The van der Waals surface area contributed by atoms with Gasteiger partial charge in [0.2, 0.25) is 5.91 Å². The van der Waals surface area contributed by atoms with Crippen LogP contribution in [0.1, 0.15) is 48.5 Å². The predicted molar refractivity (Wildman–Crippen MR) is 108 cm³/mol. The lowest BCUT2D eigenvalue weighted by Gasteiger charge is -2.25. The average molecular weight is 381 g/mol. The molecule has 28 heavy (non-hydrogen) atoms. The predicted octanol–water partition coefficient (Wildman–Crippen LogP) is 4.82. The molecule has 1 amide bonds. The van der Waals surface area contributed by atoms with Gasteiger partial charge in [0.1, 0.15) is 12.4 Å². The van der Waals surface area contributed by atoms with Crippen molar-refractivity contribution < 1.29 is 19.1 Å².